The third-order valence-electron chi connectivity index (χ3n) is 5.04. The molecule has 0 aliphatic rings. The average molecular weight is 390 g/mol. The van der Waals surface area contributed by atoms with Gasteiger partial charge in [-0.05, 0) is 23.3 Å². The number of hydrogen-bond acceptors (Lipinski definition) is 5. The molecule has 4 aromatic rings. The Bertz CT molecular complexity index is 1080. The summed E-state index contributed by atoms with van der Waals surface area (Å²) in [6.07, 6.45) is 4.13. The number of aromatic nitrogens is 2. The lowest BCUT2D eigenvalue weighted by Crippen LogP contribution is -2.41. The number of carbonyl (C=O) groups excluding carboxylic acids is 2. The van der Waals surface area contributed by atoms with E-state index >= 15 is 0 Å². The van der Waals surface area contributed by atoms with Crippen molar-refractivity contribution in [1.29, 1.82) is 0 Å². The predicted molar refractivity (Wildman–Crippen MR) is 111 cm³/mol. The number of fused-ring (bicyclic) bond motifs is 2. The van der Waals surface area contributed by atoms with E-state index in [2.05, 4.69) is 9.97 Å². The molecule has 0 amide bonds. The number of carbonyl (C=O) groups is 2. The number of ether oxygens (including phenoxy) is 1. The summed E-state index contributed by atoms with van der Waals surface area (Å²) in [4.78, 5) is 30.9. The van der Waals surface area contributed by atoms with Crippen LogP contribution in [0, 0.1) is 0 Å². The molecule has 2 aromatic carbocycles. The molecule has 0 spiro atoms. The van der Waals surface area contributed by atoms with E-state index in [1.165, 1.54) is 0 Å². The lowest BCUT2D eigenvalue weighted by Gasteiger charge is -2.13. The van der Waals surface area contributed by atoms with E-state index in [-0.39, 0.29) is 12.8 Å². The summed E-state index contributed by atoms with van der Waals surface area (Å²) in [7, 11) is 0. The van der Waals surface area contributed by atoms with Gasteiger partial charge in [-0.3, -0.25) is 0 Å². The first-order valence-electron chi connectivity index (χ1n) is 9.39. The SMILES string of the molecule is N[C@@H](Cc1c[nH]c2ccccc12)C(=O)OC(=O)[C@@H](N)Cc1c[nH]c2ccccc12. The van der Waals surface area contributed by atoms with E-state index < -0.39 is 24.0 Å². The molecule has 0 fully saturated rings. The fourth-order valence-corrected chi connectivity index (χ4v) is 3.49. The lowest BCUT2D eigenvalue weighted by molar-refractivity contribution is -0.161. The summed E-state index contributed by atoms with van der Waals surface area (Å²) < 4.78 is 4.95. The Morgan fingerprint density at radius 2 is 1.17 bits per heavy atom. The van der Waals surface area contributed by atoms with E-state index in [9.17, 15) is 9.59 Å². The molecule has 7 nitrogen and oxygen atoms in total. The number of aromatic amines is 2. The van der Waals surface area contributed by atoms with Crippen LogP contribution in [0.4, 0.5) is 0 Å². The largest absolute Gasteiger partial charge is 0.391 e. The Morgan fingerprint density at radius 3 is 1.62 bits per heavy atom. The minimum atomic E-state index is -0.960. The molecular formula is C22H22N4O3. The van der Waals surface area contributed by atoms with Gasteiger partial charge < -0.3 is 26.2 Å². The summed E-state index contributed by atoms with van der Waals surface area (Å²) in [5.74, 6) is -1.57. The number of H-pyrrole nitrogens is 2. The highest BCUT2D eigenvalue weighted by molar-refractivity contribution is 5.92. The standard InChI is InChI=1S/C22H22N4O3/c23-17(9-13-11-25-19-7-3-1-5-15(13)19)21(27)29-22(28)18(24)10-14-12-26-20-8-4-2-6-16(14)20/h1-8,11-12,17-18,25-26H,9-10,23-24H2/t17-,18-/m0/s1. The topological polar surface area (TPSA) is 127 Å². The summed E-state index contributed by atoms with van der Waals surface area (Å²) in [5.41, 5.74) is 15.6. The van der Waals surface area contributed by atoms with Crippen LogP contribution in [0.3, 0.4) is 0 Å². The molecular weight excluding hydrogens is 368 g/mol. The van der Waals surface area contributed by atoms with Gasteiger partial charge in [0.2, 0.25) is 0 Å². The van der Waals surface area contributed by atoms with E-state index in [4.69, 9.17) is 16.2 Å². The first-order valence-corrected chi connectivity index (χ1v) is 9.39. The van der Waals surface area contributed by atoms with Gasteiger partial charge in [0.1, 0.15) is 12.1 Å². The van der Waals surface area contributed by atoms with Crippen LogP contribution in [0.1, 0.15) is 11.1 Å². The van der Waals surface area contributed by atoms with Crippen molar-refractivity contribution in [1.82, 2.24) is 9.97 Å². The van der Waals surface area contributed by atoms with Gasteiger partial charge in [0.05, 0.1) is 0 Å². The van der Waals surface area contributed by atoms with Crippen LogP contribution < -0.4 is 11.5 Å². The Hall–Kier alpha value is -3.42. The molecule has 0 unspecified atom stereocenters. The molecule has 0 aliphatic heterocycles. The zero-order valence-electron chi connectivity index (χ0n) is 15.7. The second-order valence-electron chi connectivity index (χ2n) is 7.08. The molecule has 0 bridgehead atoms. The van der Waals surface area contributed by atoms with Crippen molar-refractivity contribution in [2.24, 2.45) is 11.5 Å². The smallest absolute Gasteiger partial charge is 0.330 e. The normalized spacial score (nSPS) is 13.4. The maximum Gasteiger partial charge on any atom is 0.330 e. The maximum atomic E-state index is 12.3. The Labute approximate surface area is 167 Å². The third kappa shape index (κ3) is 3.91. The van der Waals surface area contributed by atoms with Crippen molar-refractivity contribution in [3.8, 4) is 0 Å². The fourth-order valence-electron chi connectivity index (χ4n) is 3.49. The maximum absolute atomic E-state index is 12.3. The van der Waals surface area contributed by atoms with Gasteiger partial charge in [-0.15, -0.1) is 0 Å². The predicted octanol–water partition coefficient (Wildman–Crippen LogP) is 2.16. The van der Waals surface area contributed by atoms with Crippen LogP contribution >= 0.6 is 0 Å². The molecule has 0 aliphatic carbocycles. The molecule has 0 saturated heterocycles. The highest BCUT2D eigenvalue weighted by Gasteiger charge is 2.25. The monoisotopic (exact) mass is 390 g/mol. The van der Waals surface area contributed by atoms with Crippen molar-refractivity contribution in [3.63, 3.8) is 0 Å². The number of benzene rings is 2. The van der Waals surface area contributed by atoms with Crippen LogP contribution in [-0.4, -0.2) is 34.0 Å². The van der Waals surface area contributed by atoms with Crippen molar-refractivity contribution in [2.75, 3.05) is 0 Å². The number of rotatable bonds is 6. The Kier molecular flexibility index (Phi) is 5.16. The van der Waals surface area contributed by atoms with Gasteiger partial charge in [-0.2, -0.15) is 0 Å². The molecule has 29 heavy (non-hydrogen) atoms. The molecule has 2 heterocycles. The van der Waals surface area contributed by atoms with Crippen molar-refractivity contribution >= 4 is 33.7 Å². The van der Waals surface area contributed by atoms with Crippen LogP contribution in [-0.2, 0) is 27.2 Å². The summed E-state index contributed by atoms with van der Waals surface area (Å²) >= 11 is 0. The van der Waals surface area contributed by atoms with Gasteiger partial charge in [0.15, 0.2) is 0 Å². The molecule has 6 N–H and O–H groups in total. The van der Waals surface area contributed by atoms with E-state index in [1.54, 1.807) is 0 Å². The van der Waals surface area contributed by atoms with E-state index in [0.717, 1.165) is 32.9 Å². The first-order chi connectivity index (χ1) is 14.0. The van der Waals surface area contributed by atoms with Crippen LogP contribution in [0.5, 0.6) is 0 Å². The number of hydrogen-bond donors (Lipinski definition) is 4. The molecule has 0 saturated carbocycles. The summed E-state index contributed by atoms with van der Waals surface area (Å²) in [6.45, 7) is 0. The quantitative estimate of drug-likeness (QED) is 0.296. The van der Waals surface area contributed by atoms with Crippen molar-refractivity contribution < 1.29 is 14.3 Å². The van der Waals surface area contributed by atoms with Gasteiger partial charge >= 0.3 is 11.9 Å². The molecule has 2 aromatic heterocycles. The van der Waals surface area contributed by atoms with Crippen LogP contribution in [0.15, 0.2) is 60.9 Å². The van der Waals surface area contributed by atoms with E-state index in [1.807, 2.05) is 60.9 Å². The average Bonchev–Trinajstić information content (AvgIpc) is 3.32. The second-order valence-corrected chi connectivity index (χ2v) is 7.08. The number of esters is 2. The number of para-hydroxylation sites is 2. The Balaban J connectivity index is 1.37. The fraction of sp³-hybridized carbons (Fsp3) is 0.182. The zero-order chi connectivity index (χ0) is 20.4. The van der Waals surface area contributed by atoms with E-state index in [0.29, 0.717) is 0 Å². The van der Waals surface area contributed by atoms with Gasteiger partial charge in [0, 0.05) is 47.0 Å². The highest BCUT2D eigenvalue weighted by Crippen LogP contribution is 2.20. The minimum absolute atomic E-state index is 0.258. The first kappa shape index (κ1) is 18.9. The minimum Gasteiger partial charge on any atom is -0.391 e. The molecule has 148 valence electrons. The van der Waals surface area contributed by atoms with Gasteiger partial charge in [0.25, 0.3) is 0 Å². The Morgan fingerprint density at radius 1 is 0.759 bits per heavy atom. The number of nitrogens with one attached hydrogen (secondary N) is 2. The lowest BCUT2D eigenvalue weighted by atomic mass is 10.0. The molecule has 4 rings (SSSR count). The van der Waals surface area contributed by atoms with Crippen molar-refractivity contribution in [2.45, 2.75) is 24.9 Å². The van der Waals surface area contributed by atoms with Gasteiger partial charge in [-0.1, -0.05) is 36.4 Å². The van der Waals surface area contributed by atoms with Crippen molar-refractivity contribution in [3.05, 3.63) is 72.1 Å². The summed E-state index contributed by atoms with van der Waals surface area (Å²) in [6, 6.07) is 13.5. The summed E-state index contributed by atoms with van der Waals surface area (Å²) in [5, 5.41) is 1.97. The zero-order valence-corrected chi connectivity index (χ0v) is 15.7. The molecule has 0 radical (unpaired) electrons. The molecule has 7 heteroatoms. The highest BCUT2D eigenvalue weighted by atomic mass is 16.6. The molecule has 2 atom stereocenters. The number of nitrogens with two attached hydrogens (primary N) is 2. The second kappa shape index (κ2) is 7.90. The van der Waals surface area contributed by atoms with Crippen LogP contribution in [0.25, 0.3) is 21.8 Å². The third-order valence-corrected chi connectivity index (χ3v) is 5.04. The van der Waals surface area contributed by atoms with Gasteiger partial charge in [-0.25, -0.2) is 9.59 Å². The van der Waals surface area contributed by atoms with Crippen LogP contribution in [0.2, 0.25) is 0 Å².